The van der Waals surface area contributed by atoms with Crippen molar-refractivity contribution in [3.63, 3.8) is 0 Å². The summed E-state index contributed by atoms with van der Waals surface area (Å²) >= 11 is 0. The number of halogens is 2. The van der Waals surface area contributed by atoms with Gasteiger partial charge < -0.3 is 15.8 Å². The number of benzene rings is 1. The summed E-state index contributed by atoms with van der Waals surface area (Å²) < 4.78 is 18.6. The molecule has 2 fully saturated rings. The van der Waals surface area contributed by atoms with Crippen molar-refractivity contribution in [1.82, 2.24) is 5.32 Å². The van der Waals surface area contributed by atoms with Crippen molar-refractivity contribution < 1.29 is 13.9 Å². The number of rotatable bonds is 4. The fourth-order valence-corrected chi connectivity index (χ4v) is 3.07. The highest BCUT2D eigenvalue weighted by molar-refractivity contribution is 5.85. The minimum Gasteiger partial charge on any atom is -0.381 e. The summed E-state index contributed by atoms with van der Waals surface area (Å²) in [6.07, 6.45) is 2.21. The Labute approximate surface area is 136 Å². The molecular formula is C16H22ClFN2O2. The van der Waals surface area contributed by atoms with Crippen LogP contribution < -0.4 is 11.1 Å². The predicted octanol–water partition coefficient (Wildman–Crippen LogP) is 1.98. The standard InChI is InChI=1S/C16H21FN2O2.ClH/c17-12-3-1-2-11(8-12)13-9-14(13)19-15(20)16(10-18)4-6-21-7-5-16;/h1-3,8,13-14H,4-7,9-10,18H2,(H,19,20);1H. The van der Waals surface area contributed by atoms with Crippen molar-refractivity contribution in [3.05, 3.63) is 35.6 Å². The maximum atomic E-state index is 13.2. The van der Waals surface area contributed by atoms with Crippen molar-refractivity contribution in [3.8, 4) is 0 Å². The van der Waals surface area contributed by atoms with Gasteiger partial charge in [0.25, 0.3) is 0 Å². The summed E-state index contributed by atoms with van der Waals surface area (Å²) in [5.41, 5.74) is 6.30. The molecule has 2 aliphatic rings. The van der Waals surface area contributed by atoms with Gasteiger partial charge >= 0.3 is 0 Å². The number of hydrogen-bond acceptors (Lipinski definition) is 3. The molecule has 1 saturated heterocycles. The predicted molar refractivity (Wildman–Crippen MR) is 84.5 cm³/mol. The van der Waals surface area contributed by atoms with Gasteiger partial charge in [-0.3, -0.25) is 4.79 Å². The van der Waals surface area contributed by atoms with Crippen molar-refractivity contribution in [1.29, 1.82) is 0 Å². The van der Waals surface area contributed by atoms with E-state index in [2.05, 4.69) is 5.32 Å². The van der Waals surface area contributed by atoms with E-state index in [9.17, 15) is 9.18 Å². The number of nitrogens with two attached hydrogens (primary N) is 1. The highest BCUT2D eigenvalue weighted by Crippen LogP contribution is 2.42. The third-order valence-electron chi connectivity index (χ3n) is 4.71. The fourth-order valence-electron chi connectivity index (χ4n) is 3.07. The average molecular weight is 329 g/mol. The van der Waals surface area contributed by atoms with Gasteiger partial charge in [-0.05, 0) is 37.0 Å². The normalized spacial score (nSPS) is 25.9. The monoisotopic (exact) mass is 328 g/mol. The lowest BCUT2D eigenvalue weighted by Gasteiger charge is -2.34. The van der Waals surface area contributed by atoms with Gasteiger partial charge in [-0.15, -0.1) is 12.4 Å². The Morgan fingerprint density at radius 1 is 1.41 bits per heavy atom. The third kappa shape index (κ3) is 3.42. The van der Waals surface area contributed by atoms with Crippen molar-refractivity contribution in [2.75, 3.05) is 19.8 Å². The van der Waals surface area contributed by atoms with Crippen LogP contribution in [0.5, 0.6) is 0 Å². The molecule has 1 saturated carbocycles. The highest BCUT2D eigenvalue weighted by atomic mass is 35.5. The van der Waals surface area contributed by atoms with Crippen LogP contribution in [-0.2, 0) is 9.53 Å². The minimum atomic E-state index is -0.493. The molecule has 1 aromatic carbocycles. The van der Waals surface area contributed by atoms with E-state index in [1.165, 1.54) is 6.07 Å². The second-order valence-corrected chi connectivity index (χ2v) is 6.07. The van der Waals surface area contributed by atoms with Gasteiger partial charge in [0.1, 0.15) is 5.82 Å². The van der Waals surface area contributed by atoms with Crippen LogP contribution in [0.15, 0.2) is 24.3 Å². The second-order valence-electron chi connectivity index (χ2n) is 6.07. The van der Waals surface area contributed by atoms with E-state index in [0.29, 0.717) is 32.6 Å². The van der Waals surface area contributed by atoms with E-state index in [0.717, 1.165) is 12.0 Å². The van der Waals surface area contributed by atoms with E-state index in [4.69, 9.17) is 10.5 Å². The first-order valence-corrected chi connectivity index (χ1v) is 7.49. The van der Waals surface area contributed by atoms with Gasteiger partial charge in [-0.25, -0.2) is 4.39 Å². The summed E-state index contributed by atoms with van der Waals surface area (Å²) in [7, 11) is 0. The molecule has 1 aromatic rings. The number of carbonyl (C=O) groups excluding carboxylic acids is 1. The maximum Gasteiger partial charge on any atom is 0.227 e. The quantitative estimate of drug-likeness (QED) is 0.888. The zero-order valence-electron chi connectivity index (χ0n) is 12.4. The summed E-state index contributed by atoms with van der Waals surface area (Å²) in [4.78, 5) is 12.5. The van der Waals surface area contributed by atoms with Crippen LogP contribution in [0.2, 0.25) is 0 Å². The first-order chi connectivity index (χ1) is 10.1. The molecule has 22 heavy (non-hydrogen) atoms. The van der Waals surface area contributed by atoms with Gasteiger partial charge in [-0.2, -0.15) is 0 Å². The smallest absolute Gasteiger partial charge is 0.227 e. The Balaban J connectivity index is 0.00000176. The molecule has 0 spiro atoms. The fraction of sp³-hybridized carbons (Fsp3) is 0.562. The van der Waals surface area contributed by atoms with Crippen LogP contribution in [0, 0.1) is 11.2 Å². The molecule has 6 heteroatoms. The van der Waals surface area contributed by atoms with E-state index >= 15 is 0 Å². The lowest BCUT2D eigenvalue weighted by atomic mass is 9.79. The largest absolute Gasteiger partial charge is 0.381 e. The Hall–Kier alpha value is -1.17. The SMILES string of the molecule is Cl.NCC1(C(=O)NC2CC2c2cccc(F)c2)CCOCC1. The van der Waals surface area contributed by atoms with Crippen LogP contribution in [0.3, 0.4) is 0 Å². The van der Waals surface area contributed by atoms with E-state index in [-0.39, 0.29) is 36.1 Å². The molecular weight excluding hydrogens is 307 g/mol. The Bertz CT molecular complexity index is 535. The molecule has 122 valence electrons. The van der Waals surface area contributed by atoms with Crippen molar-refractivity contribution >= 4 is 18.3 Å². The molecule has 1 aliphatic heterocycles. The van der Waals surface area contributed by atoms with Crippen LogP contribution in [0.1, 0.15) is 30.7 Å². The lowest BCUT2D eigenvalue weighted by Crippen LogP contribution is -2.49. The molecule has 2 unspecified atom stereocenters. The average Bonchev–Trinajstić information content (AvgIpc) is 3.27. The van der Waals surface area contributed by atoms with Crippen LogP contribution in [-0.4, -0.2) is 31.7 Å². The highest BCUT2D eigenvalue weighted by Gasteiger charge is 2.45. The minimum absolute atomic E-state index is 0. The van der Waals surface area contributed by atoms with Gasteiger partial charge in [0.05, 0.1) is 5.41 Å². The second kappa shape index (κ2) is 6.94. The number of nitrogens with one attached hydrogen (secondary N) is 1. The van der Waals surface area contributed by atoms with Gasteiger partial charge in [0.15, 0.2) is 0 Å². The third-order valence-corrected chi connectivity index (χ3v) is 4.71. The summed E-state index contributed by atoms with van der Waals surface area (Å²) in [5, 5.41) is 3.09. The lowest BCUT2D eigenvalue weighted by molar-refractivity contribution is -0.136. The Morgan fingerprint density at radius 3 is 2.77 bits per heavy atom. The molecule has 1 heterocycles. The van der Waals surface area contributed by atoms with E-state index in [1.807, 2.05) is 6.07 Å². The summed E-state index contributed by atoms with van der Waals surface area (Å²) in [5.74, 6) is 0.0175. The van der Waals surface area contributed by atoms with E-state index < -0.39 is 5.41 Å². The first-order valence-electron chi connectivity index (χ1n) is 7.49. The first kappa shape index (κ1) is 17.2. The van der Waals surface area contributed by atoms with E-state index in [1.54, 1.807) is 12.1 Å². The zero-order valence-corrected chi connectivity index (χ0v) is 13.2. The topological polar surface area (TPSA) is 64.4 Å². The molecule has 4 nitrogen and oxygen atoms in total. The Kier molecular flexibility index (Phi) is 5.42. The molecule has 3 N–H and O–H groups in total. The summed E-state index contributed by atoms with van der Waals surface area (Å²) in [6, 6.07) is 6.70. The molecule has 1 amide bonds. The zero-order chi connectivity index (χ0) is 14.9. The maximum absolute atomic E-state index is 13.2. The van der Waals surface area contributed by atoms with Gasteiger partial charge in [0, 0.05) is 31.7 Å². The number of hydrogen-bond donors (Lipinski definition) is 2. The van der Waals surface area contributed by atoms with Gasteiger partial charge in [0.2, 0.25) is 5.91 Å². The molecule has 0 bridgehead atoms. The molecule has 2 atom stereocenters. The Morgan fingerprint density at radius 2 is 2.14 bits per heavy atom. The van der Waals surface area contributed by atoms with Crippen molar-refractivity contribution in [2.24, 2.45) is 11.1 Å². The number of carbonyl (C=O) groups is 1. The molecule has 0 aromatic heterocycles. The van der Waals surface area contributed by atoms with Crippen LogP contribution in [0.25, 0.3) is 0 Å². The van der Waals surface area contributed by atoms with Crippen LogP contribution in [0.4, 0.5) is 4.39 Å². The molecule has 0 radical (unpaired) electrons. The molecule has 3 rings (SSSR count). The van der Waals surface area contributed by atoms with Gasteiger partial charge in [-0.1, -0.05) is 12.1 Å². The number of amides is 1. The van der Waals surface area contributed by atoms with Crippen molar-refractivity contribution in [2.45, 2.75) is 31.2 Å². The molecule has 1 aliphatic carbocycles. The number of ether oxygens (including phenoxy) is 1. The van der Waals surface area contributed by atoms with Crippen LogP contribution >= 0.6 is 12.4 Å². The summed E-state index contributed by atoms with van der Waals surface area (Å²) in [6.45, 7) is 1.52.